The summed E-state index contributed by atoms with van der Waals surface area (Å²) in [6.45, 7) is 2.76. The molecule has 1 heterocycles. The summed E-state index contributed by atoms with van der Waals surface area (Å²) >= 11 is 0. The second-order valence-corrected chi connectivity index (χ2v) is 6.01. The fraction of sp³-hybridized carbons (Fsp3) is 0.143. The maximum atomic E-state index is 12.9. The van der Waals surface area contributed by atoms with E-state index in [4.69, 9.17) is 0 Å². The molecule has 0 aliphatic rings. The lowest BCUT2D eigenvalue weighted by molar-refractivity contribution is 0.102. The molecule has 0 saturated heterocycles. The van der Waals surface area contributed by atoms with Crippen LogP contribution in [0.5, 0.6) is 0 Å². The molecule has 0 saturated carbocycles. The highest BCUT2D eigenvalue weighted by molar-refractivity contribution is 6.04. The molecule has 0 spiro atoms. The molecule has 1 aromatic heterocycles. The Morgan fingerprint density at radius 3 is 2.42 bits per heavy atom. The van der Waals surface area contributed by atoms with Crippen molar-refractivity contribution < 1.29 is 9.18 Å². The highest BCUT2D eigenvalue weighted by atomic mass is 19.1. The number of nitrogens with one attached hydrogen (secondary N) is 2. The molecule has 3 rings (SSSR count). The number of benzene rings is 2. The SMILES string of the molecule is C[C@H](NCc1ccccn1)c1ccc(NC(=O)c2ccc(F)cc2)cc1. The van der Waals surface area contributed by atoms with Crippen molar-refractivity contribution in [2.75, 3.05) is 5.32 Å². The lowest BCUT2D eigenvalue weighted by Gasteiger charge is -2.15. The van der Waals surface area contributed by atoms with E-state index in [2.05, 4.69) is 22.5 Å². The molecule has 1 atom stereocenters. The minimum absolute atomic E-state index is 0.152. The van der Waals surface area contributed by atoms with E-state index in [9.17, 15) is 9.18 Å². The number of pyridine rings is 1. The zero-order valence-electron chi connectivity index (χ0n) is 14.4. The minimum Gasteiger partial charge on any atom is -0.322 e. The Morgan fingerprint density at radius 2 is 1.77 bits per heavy atom. The first-order chi connectivity index (χ1) is 12.6. The fourth-order valence-corrected chi connectivity index (χ4v) is 2.54. The lowest BCUT2D eigenvalue weighted by Crippen LogP contribution is -2.18. The van der Waals surface area contributed by atoms with Gasteiger partial charge in [-0.1, -0.05) is 18.2 Å². The first kappa shape index (κ1) is 17.8. The Kier molecular flexibility index (Phi) is 5.71. The van der Waals surface area contributed by atoms with Crippen molar-refractivity contribution in [1.29, 1.82) is 0 Å². The number of hydrogen-bond acceptors (Lipinski definition) is 3. The Bertz CT molecular complexity index is 849. The summed E-state index contributed by atoms with van der Waals surface area (Å²) in [6, 6.07) is 19.1. The van der Waals surface area contributed by atoms with Crippen LogP contribution in [-0.4, -0.2) is 10.9 Å². The van der Waals surface area contributed by atoms with Crippen LogP contribution in [-0.2, 0) is 6.54 Å². The maximum Gasteiger partial charge on any atom is 0.255 e. The van der Waals surface area contributed by atoms with Crippen LogP contribution in [0.25, 0.3) is 0 Å². The van der Waals surface area contributed by atoms with Crippen molar-refractivity contribution >= 4 is 11.6 Å². The van der Waals surface area contributed by atoms with Gasteiger partial charge < -0.3 is 10.6 Å². The highest BCUT2D eigenvalue weighted by Crippen LogP contribution is 2.17. The average Bonchev–Trinajstić information content (AvgIpc) is 2.68. The van der Waals surface area contributed by atoms with Crippen molar-refractivity contribution in [1.82, 2.24) is 10.3 Å². The standard InChI is InChI=1S/C21H20FN3O/c1-15(24-14-20-4-2-3-13-23-20)16-7-11-19(12-8-16)25-21(26)17-5-9-18(22)10-6-17/h2-13,15,24H,14H2,1H3,(H,25,26)/t15-/m0/s1. The molecular weight excluding hydrogens is 329 g/mol. The molecule has 1 amide bonds. The number of aromatic nitrogens is 1. The second kappa shape index (κ2) is 8.36. The number of carbonyl (C=O) groups excluding carboxylic acids is 1. The van der Waals surface area contributed by atoms with Gasteiger partial charge in [0.25, 0.3) is 5.91 Å². The van der Waals surface area contributed by atoms with Gasteiger partial charge in [0, 0.05) is 30.0 Å². The molecule has 2 N–H and O–H groups in total. The molecule has 0 aliphatic heterocycles. The monoisotopic (exact) mass is 349 g/mol. The van der Waals surface area contributed by atoms with Crippen molar-refractivity contribution in [2.24, 2.45) is 0 Å². The van der Waals surface area contributed by atoms with Gasteiger partial charge in [0.15, 0.2) is 0 Å². The third kappa shape index (κ3) is 4.74. The molecule has 0 bridgehead atoms. The lowest BCUT2D eigenvalue weighted by atomic mass is 10.1. The molecule has 2 aromatic carbocycles. The predicted molar refractivity (Wildman–Crippen MR) is 100 cm³/mol. The van der Waals surface area contributed by atoms with Gasteiger partial charge >= 0.3 is 0 Å². The van der Waals surface area contributed by atoms with Gasteiger partial charge in [0.05, 0.1) is 5.69 Å². The van der Waals surface area contributed by atoms with Gasteiger partial charge in [-0.15, -0.1) is 0 Å². The molecule has 0 radical (unpaired) electrons. The third-order valence-corrected chi connectivity index (χ3v) is 4.09. The van der Waals surface area contributed by atoms with Crippen LogP contribution >= 0.6 is 0 Å². The predicted octanol–water partition coefficient (Wildman–Crippen LogP) is 4.32. The summed E-state index contributed by atoms with van der Waals surface area (Å²) in [5, 5.41) is 6.23. The van der Waals surface area contributed by atoms with Crippen molar-refractivity contribution in [3.8, 4) is 0 Å². The van der Waals surface area contributed by atoms with Crippen LogP contribution in [0.2, 0.25) is 0 Å². The summed E-state index contributed by atoms with van der Waals surface area (Å²) in [7, 11) is 0. The summed E-state index contributed by atoms with van der Waals surface area (Å²) in [4.78, 5) is 16.4. The number of halogens is 1. The van der Waals surface area contributed by atoms with Crippen molar-refractivity contribution in [2.45, 2.75) is 19.5 Å². The van der Waals surface area contributed by atoms with Crippen LogP contribution in [0, 0.1) is 5.82 Å². The van der Waals surface area contributed by atoms with Crippen LogP contribution in [0.1, 0.15) is 34.6 Å². The van der Waals surface area contributed by atoms with Gasteiger partial charge in [-0.3, -0.25) is 9.78 Å². The van der Waals surface area contributed by atoms with E-state index in [1.165, 1.54) is 24.3 Å². The van der Waals surface area contributed by atoms with E-state index in [1.807, 2.05) is 42.5 Å². The number of carbonyl (C=O) groups is 1. The molecule has 0 unspecified atom stereocenters. The average molecular weight is 349 g/mol. The smallest absolute Gasteiger partial charge is 0.255 e. The number of amides is 1. The number of nitrogens with zero attached hydrogens (tertiary/aromatic N) is 1. The largest absolute Gasteiger partial charge is 0.322 e. The molecule has 5 heteroatoms. The molecule has 0 aliphatic carbocycles. The van der Waals surface area contributed by atoms with E-state index in [1.54, 1.807) is 6.20 Å². The van der Waals surface area contributed by atoms with Gasteiger partial charge in [-0.25, -0.2) is 4.39 Å². The summed E-state index contributed by atoms with van der Waals surface area (Å²) < 4.78 is 12.9. The Hall–Kier alpha value is -3.05. The fourth-order valence-electron chi connectivity index (χ4n) is 2.54. The molecule has 4 nitrogen and oxygen atoms in total. The van der Waals surface area contributed by atoms with Gasteiger partial charge in [-0.2, -0.15) is 0 Å². The van der Waals surface area contributed by atoms with Crippen LogP contribution in [0.15, 0.2) is 72.9 Å². The first-order valence-electron chi connectivity index (χ1n) is 8.42. The maximum absolute atomic E-state index is 12.9. The van der Waals surface area contributed by atoms with E-state index in [0.29, 0.717) is 17.8 Å². The Labute approximate surface area is 152 Å². The zero-order chi connectivity index (χ0) is 18.4. The van der Waals surface area contributed by atoms with E-state index in [0.717, 1.165) is 11.3 Å². The molecular formula is C21H20FN3O. The van der Waals surface area contributed by atoms with Crippen molar-refractivity contribution in [3.63, 3.8) is 0 Å². The van der Waals surface area contributed by atoms with E-state index in [-0.39, 0.29) is 17.8 Å². The zero-order valence-corrected chi connectivity index (χ0v) is 14.4. The highest BCUT2D eigenvalue weighted by Gasteiger charge is 2.08. The minimum atomic E-state index is -0.363. The second-order valence-electron chi connectivity index (χ2n) is 6.01. The van der Waals surface area contributed by atoms with Crippen LogP contribution in [0.4, 0.5) is 10.1 Å². The molecule has 26 heavy (non-hydrogen) atoms. The summed E-state index contributed by atoms with van der Waals surface area (Å²) in [5.74, 6) is -0.628. The Balaban J connectivity index is 1.57. The molecule has 132 valence electrons. The molecule has 3 aromatic rings. The topological polar surface area (TPSA) is 54.0 Å². The van der Waals surface area contributed by atoms with Crippen LogP contribution in [0.3, 0.4) is 0 Å². The van der Waals surface area contributed by atoms with Crippen LogP contribution < -0.4 is 10.6 Å². The van der Waals surface area contributed by atoms with Crippen molar-refractivity contribution in [3.05, 3.63) is 95.6 Å². The van der Waals surface area contributed by atoms with E-state index < -0.39 is 0 Å². The first-order valence-corrected chi connectivity index (χ1v) is 8.42. The van der Waals surface area contributed by atoms with Gasteiger partial charge in [0.2, 0.25) is 0 Å². The normalized spacial score (nSPS) is 11.8. The number of anilines is 1. The van der Waals surface area contributed by atoms with Gasteiger partial charge in [0.1, 0.15) is 5.82 Å². The van der Waals surface area contributed by atoms with Gasteiger partial charge in [-0.05, 0) is 61.0 Å². The number of rotatable bonds is 6. The molecule has 0 fully saturated rings. The summed E-state index contributed by atoms with van der Waals surface area (Å²) in [6.07, 6.45) is 1.78. The summed E-state index contributed by atoms with van der Waals surface area (Å²) in [5.41, 5.74) is 3.21. The van der Waals surface area contributed by atoms with E-state index >= 15 is 0 Å². The third-order valence-electron chi connectivity index (χ3n) is 4.09. The Morgan fingerprint density at radius 1 is 1.04 bits per heavy atom. The quantitative estimate of drug-likeness (QED) is 0.697. The number of hydrogen-bond donors (Lipinski definition) is 2.